The summed E-state index contributed by atoms with van der Waals surface area (Å²) in [5, 5.41) is 3.71. The van der Waals surface area contributed by atoms with Crippen LogP contribution in [0.2, 0.25) is 0 Å². The Bertz CT molecular complexity index is 384. The molecule has 1 aliphatic heterocycles. The molecule has 1 aliphatic carbocycles. The molecular weight excluding hydrogens is 234 g/mol. The first-order chi connectivity index (χ1) is 9.33. The van der Waals surface area contributed by atoms with Crippen LogP contribution in [-0.4, -0.2) is 62.2 Å². The zero-order valence-electron chi connectivity index (χ0n) is 11.9. The first kappa shape index (κ1) is 13.1. The summed E-state index contributed by atoms with van der Waals surface area (Å²) in [6.45, 7) is 7.23. The van der Waals surface area contributed by atoms with Gasteiger partial charge in [0.2, 0.25) is 0 Å². The molecule has 2 unspecified atom stereocenters. The van der Waals surface area contributed by atoms with E-state index < -0.39 is 0 Å². The van der Waals surface area contributed by atoms with Crippen molar-refractivity contribution in [1.29, 1.82) is 0 Å². The van der Waals surface area contributed by atoms with Gasteiger partial charge in [-0.25, -0.2) is 0 Å². The molecule has 1 saturated heterocycles. The number of hydrogen-bond acceptors (Lipinski definition) is 3. The van der Waals surface area contributed by atoms with Crippen LogP contribution in [0.15, 0.2) is 30.3 Å². The number of benzene rings is 1. The zero-order chi connectivity index (χ0) is 13.1. The Kier molecular flexibility index (Phi) is 4.16. The molecule has 1 heterocycles. The zero-order valence-corrected chi connectivity index (χ0v) is 11.9. The molecule has 3 heteroatoms. The second-order valence-electron chi connectivity index (χ2n) is 5.96. The number of nitrogens with one attached hydrogen (secondary N) is 1. The highest BCUT2D eigenvalue weighted by molar-refractivity contribution is 5.27. The van der Waals surface area contributed by atoms with Crippen molar-refractivity contribution in [2.24, 2.45) is 0 Å². The van der Waals surface area contributed by atoms with E-state index in [-0.39, 0.29) is 0 Å². The Morgan fingerprint density at radius 1 is 1.11 bits per heavy atom. The number of piperazine rings is 1. The van der Waals surface area contributed by atoms with Gasteiger partial charge in [-0.1, -0.05) is 30.3 Å². The first-order valence-corrected chi connectivity index (χ1v) is 7.52. The van der Waals surface area contributed by atoms with Gasteiger partial charge in [0.05, 0.1) is 0 Å². The standard InChI is InChI=1S/C16H25N3/c1-18-9-11-19(12-10-18)8-7-17-16-13-15(16)14-5-3-2-4-6-14/h2-6,15-17H,7-13H2,1H3. The summed E-state index contributed by atoms with van der Waals surface area (Å²) in [6, 6.07) is 11.6. The normalized spacial score (nSPS) is 28.5. The van der Waals surface area contributed by atoms with E-state index in [9.17, 15) is 0 Å². The van der Waals surface area contributed by atoms with Crippen molar-refractivity contribution >= 4 is 0 Å². The fourth-order valence-electron chi connectivity index (χ4n) is 2.97. The van der Waals surface area contributed by atoms with Crippen LogP contribution in [0.1, 0.15) is 17.9 Å². The SMILES string of the molecule is CN1CCN(CCNC2CC2c2ccccc2)CC1. The van der Waals surface area contributed by atoms with Gasteiger partial charge in [0.1, 0.15) is 0 Å². The molecular formula is C16H25N3. The van der Waals surface area contributed by atoms with E-state index in [1.54, 1.807) is 0 Å². The number of rotatable bonds is 5. The van der Waals surface area contributed by atoms with Crippen LogP contribution < -0.4 is 5.32 Å². The predicted molar refractivity (Wildman–Crippen MR) is 79.5 cm³/mol. The minimum atomic E-state index is 0.717. The summed E-state index contributed by atoms with van der Waals surface area (Å²) in [4.78, 5) is 4.99. The van der Waals surface area contributed by atoms with Crippen LogP contribution in [0.25, 0.3) is 0 Å². The van der Waals surface area contributed by atoms with Crippen molar-refractivity contribution in [3.8, 4) is 0 Å². The fourth-order valence-corrected chi connectivity index (χ4v) is 2.97. The third-order valence-electron chi connectivity index (χ3n) is 4.45. The number of nitrogens with zero attached hydrogens (tertiary/aromatic N) is 2. The lowest BCUT2D eigenvalue weighted by Crippen LogP contribution is -2.46. The summed E-state index contributed by atoms with van der Waals surface area (Å²) in [5.74, 6) is 0.758. The van der Waals surface area contributed by atoms with Gasteiger partial charge < -0.3 is 10.2 Å². The van der Waals surface area contributed by atoms with E-state index in [1.165, 1.54) is 44.7 Å². The van der Waals surface area contributed by atoms with Crippen LogP contribution >= 0.6 is 0 Å². The number of likely N-dealkylation sites (N-methyl/N-ethyl adjacent to an activating group) is 1. The van der Waals surface area contributed by atoms with Crippen molar-refractivity contribution in [3.05, 3.63) is 35.9 Å². The van der Waals surface area contributed by atoms with E-state index in [0.717, 1.165) is 18.5 Å². The van der Waals surface area contributed by atoms with Gasteiger partial charge in [0, 0.05) is 51.2 Å². The summed E-state index contributed by atoms with van der Waals surface area (Å²) in [7, 11) is 2.21. The molecule has 104 valence electrons. The molecule has 0 aromatic heterocycles. The minimum absolute atomic E-state index is 0.717. The fraction of sp³-hybridized carbons (Fsp3) is 0.625. The van der Waals surface area contributed by atoms with Gasteiger partial charge >= 0.3 is 0 Å². The topological polar surface area (TPSA) is 18.5 Å². The largest absolute Gasteiger partial charge is 0.312 e. The summed E-state index contributed by atoms with van der Waals surface area (Å²) < 4.78 is 0. The highest BCUT2D eigenvalue weighted by Gasteiger charge is 2.37. The quantitative estimate of drug-likeness (QED) is 0.862. The number of hydrogen-bond donors (Lipinski definition) is 1. The minimum Gasteiger partial charge on any atom is -0.312 e. The molecule has 0 radical (unpaired) electrons. The van der Waals surface area contributed by atoms with Crippen molar-refractivity contribution in [2.75, 3.05) is 46.3 Å². The summed E-state index contributed by atoms with van der Waals surface area (Å²) in [6.07, 6.45) is 1.31. The van der Waals surface area contributed by atoms with Gasteiger partial charge in [0.25, 0.3) is 0 Å². The maximum Gasteiger partial charge on any atom is 0.0143 e. The molecule has 1 aromatic carbocycles. The maximum absolute atomic E-state index is 3.71. The Labute approximate surface area is 116 Å². The van der Waals surface area contributed by atoms with Crippen molar-refractivity contribution in [2.45, 2.75) is 18.4 Å². The molecule has 19 heavy (non-hydrogen) atoms. The average Bonchev–Trinajstić information content (AvgIpc) is 3.22. The van der Waals surface area contributed by atoms with Crippen LogP contribution in [0, 0.1) is 0 Å². The molecule has 2 atom stereocenters. The van der Waals surface area contributed by atoms with Gasteiger partial charge in [-0.05, 0) is 19.0 Å². The Morgan fingerprint density at radius 3 is 2.58 bits per heavy atom. The second-order valence-corrected chi connectivity index (χ2v) is 5.96. The molecule has 1 aromatic rings. The highest BCUT2D eigenvalue weighted by atomic mass is 15.2. The van der Waals surface area contributed by atoms with Crippen LogP contribution in [0.5, 0.6) is 0 Å². The van der Waals surface area contributed by atoms with Crippen molar-refractivity contribution < 1.29 is 0 Å². The van der Waals surface area contributed by atoms with E-state index in [1.807, 2.05) is 0 Å². The highest BCUT2D eigenvalue weighted by Crippen LogP contribution is 2.40. The monoisotopic (exact) mass is 259 g/mol. The summed E-state index contributed by atoms with van der Waals surface area (Å²) in [5.41, 5.74) is 1.50. The van der Waals surface area contributed by atoms with Crippen molar-refractivity contribution in [1.82, 2.24) is 15.1 Å². The van der Waals surface area contributed by atoms with Crippen molar-refractivity contribution in [3.63, 3.8) is 0 Å². The van der Waals surface area contributed by atoms with Gasteiger partial charge in [-0.15, -0.1) is 0 Å². The predicted octanol–water partition coefficient (Wildman–Crippen LogP) is 1.38. The van der Waals surface area contributed by atoms with Crippen LogP contribution in [-0.2, 0) is 0 Å². The third-order valence-corrected chi connectivity index (χ3v) is 4.45. The van der Waals surface area contributed by atoms with E-state index in [2.05, 4.69) is 52.5 Å². The van der Waals surface area contributed by atoms with E-state index >= 15 is 0 Å². The molecule has 2 fully saturated rings. The van der Waals surface area contributed by atoms with Gasteiger partial charge in [0.15, 0.2) is 0 Å². The molecule has 0 amide bonds. The van der Waals surface area contributed by atoms with E-state index in [4.69, 9.17) is 0 Å². The molecule has 3 nitrogen and oxygen atoms in total. The average molecular weight is 259 g/mol. The Balaban J connectivity index is 1.34. The third kappa shape index (κ3) is 3.56. The van der Waals surface area contributed by atoms with Crippen LogP contribution in [0.3, 0.4) is 0 Å². The summed E-state index contributed by atoms with van der Waals surface area (Å²) >= 11 is 0. The van der Waals surface area contributed by atoms with Gasteiger partial charge in [-0.3, -0.25) is 4.90 Å². The Hall–Kier alpha value is -0.900. The molecule has 0 bridgehead atoms. The lowest BCUT2D eigenvalue weighted by molar-refractivity contribution is 0.154. The molecule has 3 rings (SSSR count). The molecule has 1 saturated carbocycles. The van der Waals surface area contributed by atoms with E-state index in [0.29, 0.717) is 0 Å². The molecule has 1 N–H and O–H groups in total. The van der Waals surface area contributed by atoms with Gasteiger partial charge in [-0.2, -0.15) is 0 Å². The maximum atomic E-state index is 3.71. The second kappa shape index (κ2) is 6.04. The smallest absolute Gasteiger partial charge is 0.0143 e. The first-order valence-electron chi connectivity index (χ1n) is 7.52. The molecule has 0 spiro atoms. The Morgan fingerprint density at radius 2 is 1.84 bits per heavy atom. The lowest BCUT2D eigenvalue weighted by Gasteiger charge is -2.32. The lowest BCUT2D eigenvalue weighted by atomic mass is 10.1. The molecule has 2 aliphatic rings. The van der Waals surface area contributed by atoms with Crippen LogP contribution in [0.4, 0.5) is 0 Å².